The number of carboxylic acid groups (broad SMARTS) is 1. The second-order valence-electron chi connectivity index (χ2n) is 4.59. The number of nitrogens with zero attached hydrogens (tertiary/aromatic N) is 1. The van der Waals surface area contributed by atoms with Gasteiger partial charge < -0.3 is 10.0 Å². The first-order valence-electron chi connectivity index (χ1n) is 6.95. The maximum Gasteiger partial charge on any atom is 0.307 e. The van der Waals surface area contributed by atoms with Crippen LogP contribution in [0.3, 0.4) is 0 Å². The number of hydrogen-bond acceptors (Lipinski definition) is 2. The van der Waals surface area contributed by atoms with Crippen LogP contribution in [-0.4, -0.2) is 35.6 Å². The standard InChI is InChI=1S/C14H21NO2.C2H6/c1-4-6-11(5-2)9-13-8-7-12(14(16)17)10-15(13)3;1-2/h4-6,12-13H,1-2,7-10H2,3H3,(H,16,17);1-2H3/b11-6+;. The first kappa shape index (κ1) is 17.6. The minimum Gasteiger partial charge on any atom is -0.481 e. The fourth-order valence-corrected chi connectivity index (χ4v) is 2.30. The van der Waals surface area contributed by atoms with Gasteiger partial charge in [-0.05, 0) is 31.9 Å². The third kappa shape index (κ3) is 5.88. The Morgan fingerprint density at radius 3 is 2.42 bits per heavy atom. The van der Waals surface area contributed by atoms with Crippen molar-refractivity contribution in [3.8, 4) is 0 Å². The highest BCUT2D eigenvalue weighted by Crippen LogP contribution is 2.25. The van der Waals surface area contributed by atoms with Gasteiger partial charge in [0.15, 0.2) is 0 Å². The molecule has 1 aliphatic heterocycles. The number of allylic oxidation sites excluding steroid dienone is 3. The summed E-state index contributed by atoms with van der Waals surface area (Å²) in [5, 5.41) is 8.99. The highest BCUT2D eigenvalue weighted by molar-refractivity contribution is 5.70. The summed E-state index contributed by atoms with van der Waals surface area (Å²) in [7, 11) is 1.99. The molecule has 0 aromatic heterocycles. The predicted octanol–water partition coefficient (Wildman–Crippen LogP) is 3.50. The number of aliphatic carboxylic acids is 1. The Morgan fingerprint density at radius 1 is 1.37 bits per heavy atom. The van der Waals surface area contributed by atoms with Gasteiger partial charge in [-0.3, -0.25) is 4.79 Å². The molecule has 0 amide bonds. The molecule has 3 nitrogen and oxygen atoms in total. The Morgan fingerprint density at radius 2 is 2.00 bits per heavy atom. The van der Waals surface area contributed by atoms with E-state index >= 15 is 0 Å². The molecule has 0 aromatic carbocycles. The van der Waals surface area contributed by atoms with E-state index in [2.05, 4.69) is 18.1 Å². The fourth-order valence-electron chi connectivity index (χ4n) is 2.30. The Labute approximate surface area is 117 Å². The third-order valence-electron chi connectivity index (χ3n) is 3.39. The van der Waals surface area contributed by atoms with E-state index in [1.807, 2.05) is 33.0 Å². The number of carbonyl (C=O) groups is 1. The molecule has 1 heterocycles. The molecule has 108 valence electrons. The van der Waals surface area contributed by atoms with Crippen LogP contribution in [0.25, 0.3) is 0 Å². The average Bonchev–Trinajstić information content (AvgIpc) is 2.42. The second-order valence-corrected chi connectivity index (χ2v) is 4.59. The number of hydrogen-bond donors (Lipinski definition) is 1. The highest BCUT2D eigenvalue weighted by atomic mass is 16.4. The number of carboxylic acids is 1. The molecular weight excluding hydrogens is 238 g/mol. The van der Waals surface area contributed by atoms with Gasteiger partial charge in [0.25, 0.3) is 0 Å². The number of piperidine rings is 1. The van der Waals surface area contributed by atoms with Gasteiger partial charge in [-0.2, -0.15) is 0 Å². The summed E-state index contributed by atoms with van der Waals surface area (Å²) >= 11 is 0. The van der Waals surface area contributed by atoms with E-state index in [4.69, 9.17) is 5.11 Å². The summed E-state index contributed by atoms with van der Waals surface area (Å²) < 4.78 is 0. The zero-order valence-electron chi connectivity index (χ0n) is 12.4. The minimum atomic E-state index is -0.680. The van der Waals surface area contributed by atoms with Gasteiger partial charge in [0.05, 0.1) is 5.92 Å². The van der Waals surface area contributed by atoms with Crippen LogP contribution in [0.1, 0.15) is 33.1 Å². The van der Waals surface area contributed by atoms with Crippen molar-refractivity contribution >= 4 is 5.97 Å². The maximum atomic E-state index is 10.9. The van der Waals surface area contributed by atoms with Crippen LogP contribution in [0.5, 0.6) is 0 Å². The van der Waals surface area contributed by atoms with Crippen molar-refractivity contribution in [3.63, 3.8) is 0 Å². The van der Waals surface area contributed by atoms with Crippen LogP contribution in [0, 0.1) is 5.92 Å². The highest BCUT2D eigenvalue weighted by Gasteiger charge is 2.29. The summed E-state index contributed by atoms with van der Waals surface area (Å²) in [5.74, 6) is -0.896. The van der Waals surface area contributed by atoms with Gasteiger partial charge in [-0.1, -0.05) is 45.2 Å². The topological polar surface area (TPSA) is 40.5 Å². The molecule has 1 rings (SSSR count). The summed E-state index contributed by atoms with van der Waals surface area (Å²) in [6.45, 7) is 12.1. The lowest BCUT2D eigenvalue weighted by Gasteiger charge is -2.35. The first-order valence-corrected chi connectivity index (χ1v) is 6.95. The molecule has 2 atom stereocenters. The summed E-state index contributed by atoms with van der Waals surface area (Å²) in [5.41, 5.74) is 1.16. The summed E-state index contributed by atoms with van der Waals surface area (Å²) in [6, 6.07) is 0.412. The van der Waals surface area contributed by atoms with Crippen molar-refractivity contribution in [1.29, 1.82) is 0 Å². The monoisotopic (exact) mass is 265 g/mol. The molecule has 1 N–H and O–H groups in total. The van der Waals surface area contributed by atoms with E-state index in [1.54, 1.807) is 6.08 Å². The SMILES string of the molecule is C=C/C=C(\C=C)CC1CCC(C(=O)O)CN1C.CC. The first-order chi connectivity index (χ1) is 9.08. The van der Waals surface area contributed by atoms with Gasteiger partial charge >= 0.3 is 5.97 Å². The Balaban J connectivity index is 0.00000154. The Kier molecular flexibility index (Phi) is 8.88. The van der Waals surface area contributed by atoms with Crippen LogP contribution in [-0.2, 0) is 4.79 Å². The van der Waals surface area contributed by atoms with Crippen molar-refractivity contribution < 1.29 is 9.90 Å². The molecule has 1 saturated heterocycles. The normalized spacial score (nSPS) is 24.1. The minimum absolute atomic E-state index is 0.216. The molecule has 0 radical (unpaired) electrons. The molecule has 19 heavy (non-hydrogen) atoms. The van der Waals surface area contributed by atoms with E-state index in [-0.39, 0.29) is 5.92 Å². The molecule has 0 bridgehead atoms. The van der Waals surface area contributed by atoms with Crippen molar-refractivity contribution in [2.45, 2.75) is 39.2 Å². The van der Waals surface area contributed by atoms with E-state index in [1.165, 1.54) is 0 Å². The average molecular weight is 265 g/mol. The molecule has 0 aliphatic carbocycles. The number of likely N-dealkylation sites (tertiary alicyclic amines) is 1. The summed E-state index contributed by atoms with van der Waals surface area (Å²) in [6.07, 6.45) is 8.18. The lowest BCUT2D eigenvalue weighted by molar-refractivity contribution is -0.143. The van der Waals surface area contributed by atoms with Gasteiger partial charge in [0.2, 0.25) is 0 Å². The second kappa shape index (κ2) is 9.56. The molecular formula is C16H27NO2. The molecule has 3 heteroatoms. The van der Waals surface area contributed by atoms with Gasteiger partial charge in [0, 0.05) is 12.6 Å². The smallest absolute Gasteiger partial charge is 0.307 e. The fraction of sp³-hybridized carbons (Fsp3) is 0.562. The van der Waals surface area contributed by atoms with Gasteiger partial charge in [-0.15, -0.1) is 0 Å². The maximum absolute atomic E-state index is 10.9. The Bertz CT molecular complexity index is 334. The van der Waals surface area contributed by atoms with Gasteiger partial charge in [0.1, 0.15) is 0 Å². The molecule has 1 fully saturated rings. The van der Waals surface area contributed by atoms with E-state index in [9.17, 15) is 4.79 Å². The predicted molar refractivity (Wildman–Crippen MR) is 81.2 cm³/mol. The zero-order valence-corrected chi connectivity index (χ0v) is 12.4. The van der Waals surface area contributed by atoms with Crippen LogP contribution in [0.4, 0.5) is 0 Å². The van der Waals surface area contributed by atoms with Crippen molar-refractivity contribution in [1.82, 2.24) is 4.90 Å². The third-order valence-corrected chi connectivity index (χ3v) is 3.39. The van der Waals surface area contributed by atoms with Crippen LogP contribution >= 0.6 is 0 Å². The summed E-state index contributed by atoms with van der Waals surface area (Å²) in [4.78, 5) is 13.1. The van der Waals surface area contributed by atoms with Crippen molar-refractivity contribution in [2.75, 3.05) is 13.6 Å². The Hall–Kier alpha value is -1.35. The quantitative estimate of drug-likeness (QED) is 0.773. The van der Waals surface area contributed by atoms with Crippen LogP contribution in [0.2, 0.25) is 0 Å². The van der Waals surface area contributed by atoms with E-state index < -0.39 is 5.97 Å². The van der Waals surface area contributed by atoms with Crippen LogP contribution in [0.15, 0.2) is 37.0 Å². The lowest BCUT2D eigenvalue weighted by atomic mass is 9.90. The van der Waals surface area contributed by atoms with E-state index in [0.717, 1.165) is 24.8 Å². The molecule has 2 unspecified atom stereocenters. The lowest BCUT2D eigenvalue weighted by Crippen LogP contribution is -2.43. The van der Waals surface area contributed by atoms with Crippen molar-refractivity contribution in [2.24, 2.45) is 5.92 Å². The molecule has 1 aliphatic rings. The van der Waals surface area contributed by atoms with Crippen LogP contribution < -0.4 is 0 Å². The number of rotatable bonds is 5. The van der Waals surface area contributed by atoms with E-state index in [0.29, 0.717) is 12.6 Å². The molecule has 0 saturated carbocycles. The largest absolute Gasteiger partial charge is 0.481 e. The molecule has 0 spiro atoms. The molecule has 0 aromatic rings. The van der Waals surface area contributed by atoms with Gasteiger partial charge in [-0.25, -0.2) is 0 Å². The zero-order chi connectivity index (χ0) is 14.8. The van der Waals surface area contributed by atoms with Crippen molar-refractivity contribution in [3.05, 3.63) is 37.0 Å².